The Morgan fingerprint density at radius 3 is 2.90 bits per heavy atom. The van der Waals surface area contributed by atoms with Crippen molar-refractivity contribution >= 4 is 0 Å². The van der Waals surface area contributed by atoms with Gasteiger partial charge in [-0.05, 0) is 18.8 Å². The molecule has 0 bridgehead atoms. The third-order valence-corrected chi connectivity index (χ3v) is 2.24. The number of nitrogens with two attached hydrogens (primary N) is 1. The molecule has 0 amide bonds. The molecule has 0 aromatic carbocycles. The minimum atomic E-state index is 0.268. The molecule has 56 valence electrons. The zero-order valence-electron chi connectivity index (χ0n) is 6.14. The lowest BCUT2D eigenvalue weighted by molar-refractivity contribution is 0.615. The minimum Gasteiger partial charge on any atom is -0.323 e. The monoisotopic (exact) mass is 138 g/mol. The third kappa shape index (κ3) is 1.22. The van der Waals surface area contributed by atoms with E-state index in [2.05, 4.69) is 11.4 Å². The van der Waals surface area contributed by atoms with Crippen LogP contribution in [0, 0.1) is 5.92 Å². The van der Waals surface area contributed by atoms with Gasteiger partial charge in [0.2, 0.25) is 0 Å². The van der Waals surface area contributed by atoms with Gasteiger partial charge in [-0.3, -0.25) is 0 Å². The molecule has 2 rings (SSSR count). The molecule has 1 aliphatic carbocycles. The summed E-state index contributed by atoms with van der Waals surface area (Å²) >= 11 is 0. The van der Waals surface area contributed by atoms with Crippen LogP contribution >= 0.6 is 0 Å². The zero-order valence-corrected chi connectivity index (χ0v) is 6.14. The average molecular weight is 138 g/mol. The molecule has 1 aliphatic heterocycles. The van der Waals surface area contributed by atoms with Gasteiger partial charge >= 0.3 is 0 Å². The zero-order chi connectivity index (χ0) is 6.97. The standard InChI is InChI=1S/C8H14N2/c9-8-3-7(4-10-5-8)6-1-2-6/h3,6,8,10H,1-2,4-5,9H2. The third-order valence-electron chi connectivity index (χ3n) is 2.24. The molecule has 1 heterocycles. The highest BCUT2D eigenvalue weighted by molar-refractivity contribution is 5.19. The first kappa shape index (κ1) is 6.38. The van der Waals surface area contributed by atoms with Crippen LogP contribution in [0.1, 0.15) is 12.8 Å². The number of hydrogen-bond acceptors (Lipinski definition) is 2. The second-order valence-electron chi connectivity index (χ2n) is 3.31. The average Bonchev–Trinajstić information content (AvgIpc) is 2.68. The maximum Gasteiger partial charge on any atom is 0.0354 e. The predicted octanol–water partition coefficient (Wildman–Crippen LogP) is 0.253. The van der Waals surface area contributed by atoms with Crippen molar-refractivity contribution in [1.82, 2.24) is 5.32 Å². The van der Waals surface area contributed by atoms with Gasteiger partial charge in [0, 0.05) is 19.1 Å². The Morgan fingerprint density at radius 1 is 1.50 bits per heavy atom. The lowest BCUT2D eigenvalue weighted by atomic mass is 10.0. The Labute approximate surface area is 61.5 Å². The Kier molecular flexibility index (Phi) is 1.51. The molecular weight excluding hydrogens is 124 g/mol. The van der Waals surface area contributed by atoms with E-state index >= 15 is 0 Å². The van der Waals surface area contributed by atoms with E-state index in [9.17, 15) is 0 Å². The van der Waals surface area contributed by atoms with E-state index in [1.807, 2.05) is 0 Å². The normalized spacial score (nSPS) is 33.7. The molecular formula is C8H14N2. The fourth-order valence-corrected chi connectivity index (χ4v) is 1.51. The van der Waals surface area contributed by atoms with Crippen molar-refractivity contribution in [3.8, 4) is 0 Å². The lowest BCUT2D eigenvalue weighted by Gasteiger charge is -2.18. The second kappa shape index (κ2) is 2.36. The number of rotatable bonds is 1. The Hall–Kier alpha value is -0.340. The summed E-state index contributed by atoms with van der Waals surface area (Å²) in [5, 5.41) is 3.31. The molecule has 0 aromatic rings. The molecule has 1 atom stereocenters. The fraction of sp³-hybridized carbons (Fsp3) is 0.750. The topological polar surface area (TPSA) is 38.0 Å². The largest absolute Gasteiger partial charge is 0.323 e. The van der Waals surface area contributed by atoms with Crippen LogP contribution in [0.15, 0.2) is 11.6 Å². The molecule has 1 saturated carbocycles. The molecule has 10 heavy (non-hydrogen) atoms. The van der Waals surface area contributed by atoms with Crippen molar-refractivity contribution in [2.24, 2.45) is 11.7 Å². The molecule has 0 aromatic heterocycles. The minimum absolute atomic E-state index is 0.268. The molecule has 0 saturated heterocycles. The van der Waals surface area contributed by atoms with Crippen LogP contribution in [-0.2, 0) is 0 Å². The summed E-state index contributed by atoms with van der Waals surface area (Å²) in [6.45, 7) is 2.04. The fourth-order valence-electron chi connectivity index (χ4n) is 1.51. The van der Waals surface area contributed by atoms with E-state index in [4.69, 9.17) is 5.73 Å². The van der Waals surface area contributed by atoms with Crippen LogP contribution in [-0.4, -0.2) is 19.1 Å². The van der Waals surface area contributed by atoms with Crippen molar-refractivity contribution in [3.05, 3.63) is 11.6 Å². The van der Waals surface area contributed by atoms with Crippen LogP contribution in [0.25, 0.3) is 0 Å². The number of nitrogens with one attached hydrogen (secondary N) is 1. The van der Waals surface area contributed by atoms with Crippen LogP contribution in [0.4, 0.5) is 0 Å². The predicted molar refractivity (Wildman–Crippen MR) is 41.7 cm³/mol. The smallest absolute Gasteiger partial charge is 0.0354 e. The summed E-state index contributed by atoms with van der Waals surface area (Å²) in [6, 6.07) is 0.268. The summed E-state index contributed by atoms with van der Waals surface area (Å²) in [5.41, 5.74) is 7.31. The highest BCUT2D eigenvalue weighted by atomic mass is 14.9. The Morgan fingerprint density at radius 2 is 2.30 bits per heavy atom. The first-order valence-electron chi connectivity index (χ1n) is 4.03. The highest BCUT2D eigenvalue weighted by Gasteiger charge is 2.27. The van der Waals surface area contributed by atoms with Crippen molar-refractivity contribution < 1.29 is 0 Å². The first-order valence-corrected chi connectivity index (χ1v) is 4.03. The van der Waals surface area contributed by atoms with Gasteiger partial charge in [-0.25, -0.2) is 0 Å². The summed E-state index contributed by atoms with van der Waals surface area (Å²) in [6.07, 6.45) is 5.02. The second-order valence-corrected chi connectivity index (χ2v) is 3.31. The molecule has 0 spiro atoms. The van der Waals surface area contributed by atoms with Crippen LogP contribution < -0.4 is 11.1 Å². The van der Waals surface area contributed by atoms with Gasteiger partial charge in [0.15, 0.2) is 0 Å². The summed E-state index contributed by atoms with van der Waals surface area (Å²) in [5.74, 6) is 0.888. The van der Waals surface area contributed by atoms with Gasteiger partial charge in [0.1, 0.15) is 0 Å². The van der Waals surface area contributed by atoms with Gasteiger partial charge in [-0.2, -0.15) is 0 Å². The van der Waals surface area contributed by atoms with Gasteiger partial charge in [-0.1, -0.05) is 11.6 Å². The molecule has 3 N–H and O–H groups in total. The van der Waals surface area contributed by atoms with Crippen molar-refractivity contribution in [3.63, 3.8) is 0 Å². The van der Waals surface area contributed by atoms with Gasteiger partial charge < -0.3 is 11.1 Å². The van der Waals surface area contributed by atoms with Crippen molar-refractivity contribution in [2.45, 2.75) is 18.9 Å². The van der Waals surface area contributed by atoms with Crippen LogP contribution in [0.5, 0.6) is 0 Å². The van der Waals surface area contributed by atoms with E-state index in [0.717, 1.165) is 19.0 Å². The summed E-state index contributed by atoms with van der Waals surface area (Å²) in [4.78, 5) is 0. The van der Waals surface area contributed by atoms with E-state index < -0.39 is 0 Å². The maximum absolute atomic E-state index is 5.75. The van der Waals surface area contributed by atoms with E-state index in [0.29, 0.717) is 0 Å². The van der Waals surface area contributed by atoms with Crippen LogP contribution in [0.2, 0.25) is 0 Å². The first-order chi connectivity index (χ1) is 4.86. The van der Waals surface area contributed by atoms with Gasteiger partial charge in [0.25, 0.3) is 0 Å². The van der Waals surface area contributed by atoms with E-state index in [1.165, 1.54) is 12.8 Å². The lowest BCUT2D eigenvalue weighted by Crippen LogP contribution is -2.38. The highest BCUT2D eigenvalue weighted by Crippen LogP contribution is 2.36. The quantitative estimate of drug-likeness (QED) is 0.510. The molecule has 2 nitrogen and oxygen atoms in total. The molecule has 1 unspecified atom stereocenters. The summed E-state index contributed by atoms with van der Waals surface area (Å²) < 4.78 is 0. The molecule has 2 heteroatoms. The molecule has 1 fully saturated rings. The molecule has 2 aliphatic rings. The number of hydrogen-bond donors (Lipinski definition) is 2. The van der Waals surface area contributed by atoms with Crippen molar-refractivity contribution in [1.29, 1.82) is 0 Å². The van der Waals surface area contributed by atoms with E-state index in [1.54, 1.807) is 5.57 Å². The summed E-state index contributed by atoms with van der Waals surface area (Å²) in [7, 11) is 0. The van der Waals surface area contributed by atoms with Gasteiger partial charge in [0.05, 0.1) is 0 Å². The van der Waals surface area contributed by atoms with Crippen molar-refractivity contribution in [2.75, 3.05) is 13.1 Å². The maximum atomic E-state index is 5.75. The Balaban J connectivity index is 2.03. The van der Waals surface area contributed by atoms with Crippen LogP contribution in [0.3, 0.4) is 0 Å². The molecule has 0 radical (unpaired) electrons. The van der Waals surface area contributed by atoms with Gasteiger partial charge in [-0.15, -0.1) is 0 Å². The Bertz CT molecular complexity index is 159. The SMILES string of the molecule is NC1C=C(C2CC2)CNC1. The van der Waals surface area contributed by atoms with E-state index in [-0.39, 0.29) is 6.04 Å².